The monoisotopic (exact) mass is 430 g/mol. The van der Waals surface area contributed by atoms with Crippen LogP contribution in [0.4, 0.5) is 33.3 Å². The van der Waals surface area contributed by atoms with Crippen molar-refractivity contribution in [2.24, 2.45) is 0 Å². The highest BCUT2D eigenvalue weighted by atomic mass is 19.1. The fourth-order valence-corrected chi connectivity index (χ4v) is 3.97. The van der Waals surface area contributed by atoms with Gasteiger partial charge in [-0.1, -0.05) is 0 Å². The number of hydrogen-bond acceptors (Lipinski definition) is 7. The SMILES string of the molecule is CNc1nc(Nc2ccc(-n3cnc(C)n3)c(C)c2)nc2c1CCN2c1ccc(F)cc1. The topological polar surface area (TPSA) is 83.8 Å². The number of aromatic nitrogens is 5. The highest BCUT2D eigenvalue weighted by Gasteiger charge is 2.26. The fourth-order valence-electron chi connectivity index (χ4n) is 3.97. The first kappa shape index (κ1) is 19.9. The third-order valence-corrected chi connectivity index (χ3v) is 5.51. The van der Waals surface area contributed by atoms with Crippen molar-refractivity contribution >= 4 is 29.0 Å². The zero-order chi connectivity index (χ0) is 22.2. The van der Waals surface area contributed by atoms with Crippen molar-refractivity contribution in [3.8, 4) is 5.69 Å². The summed E-state index contributed by atoms with van der Waals surface area (Å²) in [5, 5.41) is 10.9. The second-order valence-corrected chi connectivity index (χ2v) is 7.69. The second-order valence-electron chi connectivity index (χ2n) is 7.69. The molecule has 0 fully saturated rings. The van der Waals surface area contributed by atoms with Gasteiger partial charge in [0.1, 0.15) is 29.6 Å². The summed E-state index contributed by atoms with van der Waals surface area (Å²) in [5.74, 6) is 2.57. The lowest BCUT2D eigenvalue weighted by molar-refractivity contribution is 0.628. The first-order valence-corrected chi connectivity index (χ1v) is 10.4. The number of anilines is 5. The largest absolute Gasteiger partial charge is 0.373 e. The van der Waals surface area contributed by atoms with Crippen LogP contribution in [0.2, 0.25) is 0 Å². The molecule has 3 heterocycles. The number of aryl methyl sites for hydroxylation is 2. The van der Waals surface area contributed by atoms with Gasteiger partial charge in [-0.15, -0.1) is 0 Å². The minimum atomic E-state index is -0.256. The highest BCUT2D eigenvalue weighted by molar-refractivity contribution is 5.73. The van der Waals surface area contributed by atoms with Crippen molar-refractivity contribution in [2.75, 3.05) is 29.1 Å². The summed E-state index contributed by atoms with van der Waals surface area (Å²) in [5.41, 5.74) is 4.83. The number of nitrogens with zero attached hydrogens (tertiary/aromatic N) is 6. The van der Waals surface area contributed by atoms with Crippen molar-refractivity contribution in [2.45, 2.75) is 20.3 Å². The summed E-state index contributed by atoms with van der Waals surface area (Å²) < 4.78 is 15.2. The summed E-state index contributed by atoms with van der Waals surface area (Å²) >= 11 is 0. The third-order valence-electron chi connectivity index (χ3n) is 5.51. The van der Waals surface area contributed by atoms with Gasteiger partial charge in [-0.25, -0.2) is 14.1 Å². The fraction of sp³-hybridized carbons (Fsp3) is 0.217. The maximum atomic E-state index is 13.4. The minimum absolute atomic E-state index is 0.256. The summed E-state index contributed by atoms with van der Waals surface area (Å²) in [7, 11) is 1.85. The maximum absolute atomic E-state index is 13.4. The molecular formula is C23H23FN8. The van der Waals surface area contributed by atoms with Gasteiger partial charge < -0.3 is 15.5 Å². The van der Waals surface area contributed by atoms with Crippen LogP contribution in [-0.2, 0) is 6.42 Å². The molecule has 0 radical (unpaired) electrons. The van der Waals surface area contributed by atoms with E-state index >= 15 is 0 Å². The Balaban J connectivity index is 1.46. The van der Waals surface area contributed by atoms with Crippen LogP contribution in [0.1, 0.15) is 17.0 Å². The van der Waals surface area contributed by atoms with E-state index in [0.29, 0.717) is 5.95 Å². The number of rotatable bonds is 5. The van der Waals surface area contributed by atoms with Crippen LogP contribution in [0.5, 0.6) is 0 Å². The normalized spacial score (nSPS) is 12.7. The van der Waals surface area contributed by atoms with Gasteiger partial charge in [-0.3, -0.25) is 0 Å². The lowest BCUT2D eigenvalue weighted by Crippen LogP contribution is -2.15. The number of hydrogen-bond donors (Lipinski definition) is 2. The Kier molecular flexibility index (Phi) is 4.93. The van der Waals surface area contributed by atoms with Crippen LogP contribution >= 0.6 is 0 Å². The van der Waals surface area contributed by atoms with Gasteiger partial charge in [0.15, 0.2) is 0 Å². The quantitative estimate of drug-likeness (QED) is 0.489. The summed E-state index contributed by atoms with van der Waals surface area (Å²) in [6.07, 6.45) is 2.52. The molecule has 9 heteroatoms. The number of benzene rings is 2. The van der Waals surface area contributed by atoms with Crippen molar-refractivity contribution in [1.29, 1.82) is 0 Å². The summed E-state index contributed by atoms with van der Waals surface area (Å²) in [6, 6.07) is 12.5. The van der Waals surface area contributed by atoms with E-state index in [1.807, 2.05) is 39.1 Å². The van der Waals surface area contributed by atoms with Crippen molar-refractivity contribution in [1.82, 2.24) is 24.7 Å². The van der Waals surface area contributed by atoms with Gasteiger partial charge in [0.05, 0.1) is 5.69 Å². The first-order valence-electron chi connectivity index (χ1n) is 10.4. The second kappa shape index (κ2) is 7.92. The Morgan fingerprint density at radius 2 is 1.84 bits per heavy atom. The van der Waals surface area contributed by atoms with Crippen LogP contribution in [0.15, 0.2) is 48.8 Å². The molecule has 0 saturated heterocycles. The number of nitrogens with one attached hydrogen (secondary N) is 2. The van der Waals surface area contributed by atoms with Crippen LogP contribution in [0.25, 0.3) is 5.69 Å². The van der Waals surface area contributed by atoms with E-state index < -0.39 is 0 Å². The predicted molar refractivity (Wildman–Crippen MR) is 123 cm³/mol. The van der Waals surface area contributed by atoms with E-state index in [4.69, 9.17) is 4.98 Å². The van der Waals surface area contributed by atoms with Gasteiger partial charge in [0.25, 0.3) is 0 Å². The van der Waals surface area contributed by atoms with Crippen LogP contribution in [0, 0.1) is 19.7 Å². The summed E-state index contributed by atoms with van der Waals surface area (Å²) in [4.78, 5) is 15.7. The molecule has 0 saturated carbocycles. The highest BCUT2D eigenvalue weighted by Crippen LogP contribution is 2.37. The molecule has 8 nitrogen and oxygen atoms in total. The Labute approximate surface area is 185 Å². The average molecular weight is 430 g/mol. The molecule has 1 aliphatic heterocycles. The molecule has 32 heavy (non-hydrogen) atoms. The Hall–Kier alpha value is -4.01. The molecular weight excluding hydrogens is 407 g/mol. The number of halogens is 1. The maximum Gasteiger partial charge on any atom is 0.231 e. The number of fused-ring (bicyclic) bond motifs is 1. The molecule has 4 aromatic rings. The molecule has 5 rings (SSSR count). The third kappa shape index (κ3) is 3.62. The lowest BCUT2D eigenvalue weighted by Gasteiger charge is -2.20. The van der Waals surface area contributed by atoms with Crippen molar-refractivity contribution in [3.05, 3.63) is 71.6 Å². The Bertz CT molecular complexity index is 1280. The smallest absolute Gasteiger partial charge is 0.231 e. The molecule has 2 N–H and O–H groups in total. The van der Waals surface area contributed by atoms with Gasteiger partial charge in [0, 0.05) is 30.5 Å². The zero-order valence-corrected chi connectivity index (χ0v) is 18.1. The van der Waals surface area contributed by atoms with E-state index in [1.165, 1.54) is 12.1 Å². The zero-order valence-electron chi connectivity index (χ0n) is 18.1. The predicted octanol–water partition coefficient (Wildman–Crippen LogP) is 4.29. The molecule has 0 amide bonds. The molecule has 0 bridgehead atoms. The van der Waals surface area contributed by atoms with Gasteiger partial charge in [-0.2, -0.15) is 15.1 Å². The van der Waals surface area contributed by atoms with Crippen LogP contribution in [-0.4, -0.2) is 38.3 Å². The van der Waals surface area contributed by atoms with Crippen molar-refractivity contribution in [3.63, 3.8) is 0 Å². The van der Waals surface area contributed by atoms with Gasteiger partial charge >= 0.3 is 0 Å². The van der Waals surface area contributed by atoms with Crippen LogP contribution in [0.3, 0.4) is 0 Å². The standard InChI is InChI=1S/C23H23FN8/c1-14-12-17(6-9-20(14)32-13-26-15(2)30-32)27-23-28-21(25-3)19-10-11-31(22(19)29-23)18-7-4-16(24)5-8-18/h4-9,12-13H,10-11H2,1-3H3,(H2,25,27,28,29). The molecule has 0 aliphatic carbocycles. The molecule has 1 aliphatic rings. The average Bonchev–Trinajstić information content (AvgIpc) is 3.40. The Morgan fingerprint density at radius 1 is 1.03 bits per heavy atom. The van der Waals surface area contributed by atoms with Gasteiger partial charge in [-0.05, 0) is 68.3 Å². The van der Waals surface area contributed by atoms with Crippen molar-refractivity contribution < 1.29 is 4.39 Å². The van der Waals surface area contributed by atoms with E-state index in [0.717, 1.165) is 58.6 Å². The summed E-state index contributed by atoms with van der Waals surface area (Å²) in [6.45, 7) is 4.65. The van der Waals surface area contributed by atoms with Gasteiger partial charge in [0.2, 0.25) is 5.95 Å². The van der Waals surface area contributed by atoms with E-state index in [2.05, 4.69) is 30.6 Å². The van der Waals surface area contributed by atoms with Crippen LogP contribution < -0.4 is 15.5 Å². The van der Waals surface area contributed by atoms with E-state index in [9.17, 15) is 4.39 Å². The van der Waals surface area contributed by atoms with E-state index in [-0.39, 0.29) is 5.82 Å². The van der Waals surface area contributed by atoms with E-state index in [1.54, 1.807) is 23.1 Å². The molecule has 162 valence electrons. The molecule has 0 atom stereocenters. The minimum Gasteiger partial charge on any atom is -0.373 e. The molecule has 0 unspecified atom stereocenters. The Morgan fingerprint density at radius 3 is 2.53 bits per heavy atom. The molecule has 2 aromatic carbocycles. The molecule has 2 aromatic heterocycles. The first-order chi connectivity index (χ1) is 15.5. The lowest BCUT2D eigenvalue weighted by atomic mass is 10.2. The molecule has 0 spiro atoms.